The Bertz CT molecular complexity index is 448. The molecular formula is C13H16BrNO3. The van der Waals surface area contributed by atoms with Crippen molar-refractivity contribution in [1.29, 1.82) is 0 Å². The van der Waals surface area contributed by atoms with Crippen LogP contribution in [0.25, 0.3) is 0 Å². The van der Waals surface area contributed by atoms with Gasteiger partial charge in [0.05, 0.1) is 0 Å². The monoisotopic (exact) mass is 313 g/mol. The molecule has 0 saturated carbocycles. The Hall–Kier alpha value is -1.36. The van der Waals surface area contributed by atoms with Crippen molar-refractivity contribution in [2.75, 3.05) is 7.05 Å². The number of amides is 1. The lowest BCUT2D eigenvalue weighted by molar-refractivity contribution is -0.150. The van der Waals surface area contributed by atoms with Crippen LogP contribution in [0.15, 0.2) is 28.7 Å². The average Bonchev–Trinajstić information content (AvgIpc) is 2.32. The predicted octanol–water partition coefficient (Wildman–Crippen LogP) is 2.52. The molecular weight excluding hydrogens is 298 g/mol. The quantitative estimate of drug-likeness (QED) is 0.850. The molecule has 0 saturated heterocycles. The summed E-state index contributed by atoms with van der Waals surface area (Å²) >= 11 is 3.40. The summed E-state index contributed by atoms with van der Waals surface area (Å²) < 4.78 is 0.910. The molecule has 1 atom stereocenters. The van der Waals surface area contributed by atoms with Crippen LogP contribution in [-0.2, 0) is 16.1 Å². The third kappa shape index (κ3) is 3.57. The Morgan fingerprint density at radius 2 is 2.00 bits per heavy atom. The fourth-order valence-electron chi connectivity index (χ4n) is 1.68. The van der Waals surface area contributed by atoms with Gasteiger partial charge < -0.3 is 10.0 Å². The van der Waals surface area contributed by atoms with Crippen molar-refractivity contribution in [3.8, 4) is 0 Å². The van der Waals surface area contributed by atoms with E-state index in [1.807, 2.05) is 24.3 Å². The fourth-order valence-corrected chi connectivity index (χ4v) is 2.09. The second kappa shape index (κ2) is 6.54. The highest BCUT2D eigenvalue weighted by Gasteiger charge is 2.27. The van der Waals surface area contributed by atoms with Crippen LogP contribution in [0, 0.1) is 5.92 Å². The Morgan fingerprint density at radius 1 is 1.39 bits per heavy atom. The van der Waals surface area contributed by atoms with Crippen molar-refractivity contribution in [3.63, 3.8) is 0 Å². The van der Waals surface area contributed by atoms with Gasteiger partial charge in [-0.3, -0.25) is 9.59 Å². The molecule has 0 heterocycles. The van der Waals surface area contributed by atoms with Crippen molar-refractivity contribution < 1.29 is 14.7 Å². The van der Waals surface area contributed by atoms with Crippen LogP contribution < -0.4 is 0 Å². The third-order valence-electron chi connectivity index (χ3n) is 2.75. The maximum atomic E-state index is 12.0. The van der Waals surface area contributed by atoms with Crippen LogP contribution in [0.3, 0.4) is 0 Å². The molecule has 1 N–H and O–H groups in total. The molecule has 0 aliphatic carbocycles. The number of aliphatic carboxylic acids is 1. The molecule has 1 amide bonds. The summed E-state index contributed by atoms with van der Waals surface area (Å²) in [5.41, 5.74) is 0.952. The van der Waals surface area contributed by atoms with Gasteiger partial charge in [0.25, 0.3) is 0 Å². The first-order chi connectivity index (χ1) is 8.47. The topological polar surface area (TPSA) is 57.6 Å². The molecule has 0 bridgehead atoms. The smallest absolute Gasteiger partial charge is 0.316 e. The number of carbonyl (C=O) groups excluding carboxylic acids is 1. The summed E-state index contributed by atoms with van der Waals surface area (Å²) in [4.78, 5) is 24.3. The minimum Gasteiger partial charge on any atom is -0.481 e. The minimum absolute atomic E-state index is 0.300. The molecule has 0 fully saturated rings. The number of carboxylic acids is 1. The first-order valence-corrected chi connectivity index (χ1v) is 6.47. The molecule has 1 aromatic carbocycles. The van der Waals surface area contributed by atoms with Gasteiger partial charge in [0.1, 0.15) is 5.92 Å². The Kier molecular flexibility index (Phi) is 5.34. The zero-order chi connectivity index (χ0) is 13.7. The normalized spacial score (nSPS) is 11.9. The zero-order valence-corrected chi connectivity index (χ0v) is 12.0. The maximum Gasteiger partial charge on any atom is 0.316 e. The van der Waals surface area contributed by atoms with Gasteiger partial charge in [0, 0.05) is 18.1 Å². The second-order valence-electron chi connectivity index (χ2n) is 4.08. The molecule has 0 aromatic heterocycles. The van der Waals surface area contributed by atoms with Crippen molar-refractivity contribution in [2.45, 2.75) is 19.9 Å². The zero-order valence-electron chi connectivity index (χ0n) is 10.4. The van der Waals surface area contributed by atoms with Gasteiger partial charge in [-0.05, 0) is 18.1 Å². The van der Waals surface area contributed by atoms with E-state index in [1.165, 1.54) is 4.90 Å². The summed E-state index contributed by atoms with van der Waals surface area (Å²) in [5.74, 6) is -2.39. The molecule has 0 spiro atoms. The number of carboxylic acid groups (broad SMARTS) is 1. The van der Waals surface area contributed by atoms with Crippen LogP contribution in [0.5, 0.6) is 0 Å². The molecule has 4 nitrogen and oxygen atoms in total. The number of rotatable bonds is 5. The molecule has 1 rings (SSSR count). The van der Waals surface area contributed by atoms with Crippen molar-refractivity contribution in [3.05, 3.63) is 34.3 Å². The van der Waals surface area contributed by atoms with Gasteiger partial charge in [-0.15, -0.1) is 0 Å². The largest absolute Gasteiger partial charge is 0.481 e. The molecule has 5 heteroatoms. The van der Waals surface area contributed by atoms with E-state index in [2.05, 4.69) is 15.9 Å². The average molecular weight is 314 g/mol. The molecule has 98 valence electrons. The summed E-state index contributed by atoms with van der Waals surface area (Å²) in [6, 6.07) is 7.56. The van der Waals surface area contributed by atoms with E-state index in [9.17, 15) is 9.59 Å². The van der Waals surface area contributed by atoms with Crippen LogP contribution in [0.2, 0.25) is 0 Å². The van der Waals surface area contributed by atoms with Gasteiger partial charge in [-0.2, -0.15) is 0 Å². The van der Waals surface area contributed by atoms with E-state index >= 15 is 0 Å². The lowest BCUT2D eigenvalue weighted by Crippen LogP contribution is -2.36. The summed E-state index contributed by atoms with van der Waals surface area (Å²) in [6.45, 7) is 2.09. The SMILES string of the molecule is CCC(C(=O)O)C(=O)N(C)Cc1ccccc1Br. The van der Waals surface area contributed by atoms with Gasteiger partial charge >= 0.3 is 5.97 Å². The van der Waals surface area contributed by atoms with E-state index in [1.54, 1.807) is 14.0 Å². The summed E-state index contributed by atoms with van der Waals surface area (Å²) in [6.07, 6.45) is 0.300. The molecule has 1 unspecified atom stereocenters. The van der Waals surface area contributed by atoms with Crippen LogP contribution in [0.1, 0.15) is 18.9 Å². The molecule has 0 radical (unpaired) electrons. The number of carbonyl (C=O) groups is 2. The highest BCUT2D eigenvalue weighted by molar-refractivity contribution is 9.10. The lowest BCUT2D eigenvalue weighted by Gasteiger charge is -2.21. The van der Waals surface area contributed by atoms with Gasteiger partial charge in [0.2, 0.25) is 5.91 Å². The summed E-state index contributed by atoms with van der Waals surface area (Å²) in [5, 5.41) is 8.96. The van der Waals surface area contributed by atoms with E-state index < -0.39 is 11.9 Å². The van der Waals surface area contributed by atoms with E-state index in [-0.39, 0.29) is 5.91 Å². The van der Waals surface area contributed by atoms with E-state index in [4.69, 9.17) is 5.11 Å². The highest BCUT2D eigenvalue weighted by Crippen LogP contribution is 2.18. The van der Waals surface area contributed by atoms with Crippen LogP contribution in [0.4, 0.5) is 0 Å². The third-order valence-corrected chi connectivity index (χ3v) is 3.52. The number of benzene rings is 1. The Labute approximate surface area is 115 Å². The fraction of sp³-hybridized carbons (Fsp3) is 0.385. The van der Waals surface area contributed by atoms with Crippen LogP contribution in [-0.4, -0.2) is 28.9 Å². The molecule has 0 aliphatic rings. The predicted molar refractivity (Wildman–Crippen MR) is 72.0 cm³/mol. The second-order valence-corrected chi connectivity index (χ2v) is 4.94. The van der Waals surface area contributed by atoms with Crippen LogP contribution >= 0.6 is 15.9 Å². The van der Waals surface area contributed by atoms with Crippen molar-refractivity contribution in [1.82, 2.24) is 4.90 Å². The maximum absolute atomic E-state index is 12.0. The number of nitrogens with zero attached hydrogens (tertiary/aromatic N) is 1. The number of halogens is 1. The van der Waals surface area contributed by atoms with Crippen molar-refractivity contribution >= 4 is 27.8 Å². The molecule has 0 aliphatic heterocycles. The highest BCUT2D eigenvalue weighted by atomic mass is 79.9. The van der Waals surface area contributed by atoms with E-state index in [0.717, 1.165) is 10.0 Å². The number of hydrogen-bond donors (Lipinski definition) is 1. The first-order valence-electron chi connectivity index (χ1n) is 5.68. The van der Waals surface area contributed by atoms with Gasteiger partial charge in [0.15, 0.2) is 0 Å². The lowest BCUT2D eigenvalue weighted by atomic mass is 10.1. The van der Waals surface area contributed by atoms with Gasteiger partial charge in [-0.25, -0.2) is 0 Å². The first kappa shape index (κ1) is 14.7. The Morgan fingerprint density at radius 3 is 2.50 bits per heavy atom. The number of hydrogen-bond acceptors (Lipinski definition) is 2. The minimum atomic E-state index is -1.07. The molecule has 1 aromatic rings. The standard InChI is InChI=1S/C13H16BrNO3/c1-3-10(13(17)18)12(16)15(2)8-9-6-4-5-7-11(9)14/h4-7,10H,3,8H2,1-2H3,(H,17,18). The van der Waals surface area contributed by atoms with Crippen molar-refractivity contribution in [2.24, 2.45) is 5.92 Å². The Balaban J connectivity index is 2.77. The summed E-state index contributed by atoms with van der Waals surface area (Å²) in [7, 11) is 1.62. The molecule has 18 heavy (non-hydrogen) atoms. The van der Waals surface area contributed by atoms with Gasteiger partial charge in [-0.1, -0.05) is 41.1 Å². The van der Waals surface area contributed by atoms with E-state index in [0.29, 0.717) is 13.0 Å².